The Morgan fingerprint density at radius 1 is 1.17 bits per heavy atom. The fourth-order valence-electron chi connectivity index (χ4n) is 3.09. The largest absolute Gasteiger partial charge is 0.495 e. The molecule has 2 aliphatic rings. The number of hydrogen-bond acceptors (Lipinski definition) is 5. The number of hydrogen-bond donors (Lipinski definition) is 0. The Labute approximate surface area is 141 Å². The Morgan fingerprint density at radius 3 is 2.62 bits per heavy atom. The highest BCUT2D eigenvalue weighted by Crippen LogP contribution is 2.28. The maximum absolute atomic E-state index is 12.4. The molecular weight excluding hydrogens is 310 g/mol. The van der Waals surface area contributed by atoms with E-state index in [1.54, 1.807) is 7.11 Å². The van der Waals surface area contributed by atoms with Gasteiger partial charge in [0.05, 0.1) is 19.4 Å². The van der Waals surface area contributed by atoms with Crippen LogP contribution in [0.5, 0.6) is 5.75 Å². The summed E-state index contributed by atoms with van der Waals surface area (Å²) in [5.41, 5.74) is 1.05. The third-order valence-electron chi connectivity index (χ3n) is 4.44. The maximum Gasteiger partial charge on any atom is 0.410 e. The lowest BCUT2D eigenvalue weighted by atomic mass is 10.2. The van der Waals surface area contributed by atoms with E-state index in [0.717, 1.165) is 30.9 Å². The summed E-state index contributed by atoms with van der Waals surface area (Å²) < 4.78 is 10.4. The number of methoxy groups -OCH3 is 1. The first-order chi connectivity index (χ1) is 11.7. The van der Waals surface area contributed by atoms with Crippen molar-refractivity contribution >= 4 is 17.7 Å². The first-order valence-electron chi connectivity index (χ1n) is 8.26. The minimum atomic E-state index is -0.387. The number of cyclic esters (lactones) is 1. The van der Waals surface area contributed by atoms with Gasteiger partial charge in [0.2, 0.25) is 5.91 Å². The Morgan fingerprint density at radius 2 is 1.92 bits per heavy atom. The molecule has 2 amide bonds. The summed E-state index contributed by atoms with van der Waals surface area (Å²) in [5.74, 6) is 0.821. The van der Waals surface area contributed by atoms with Gasteiger partial charge in [-0.2, -0.15) is 0 Å². The summed E-state index contributed by atoms with van der Waals surface area (Å²) in [5, 5.41) is 0. The van der Waals surface area contributed by atoms with Crippen LogP contribution < -0.4 is 9.64 Å². The van der Waals surface area contributed by atoms with Gasteiger partial charge in [0.15, 0.2) is 0 Å². The molecule has 1 aromatic rings. The standard InChI is InChI=1S/C17H23N3O4/c1-23-15-6-3-2-5-14(15)18-8-10-19(11-9-18)16(21)13-20-7-4-12-24-17(20)22/h2-3,5-6H,4,7-13H2,1H3. The molecule has 0 aliphatic carbocycles. The predicted molar refractivity (Wildman–Crippen MR) is 89.3 cm³/mol. The van der Waals surface area contributed by atoms with E-state index in [4.69, 9.17) is 9.47 Å². The van der Waals surface area contributed by atoms with Crippen LogP contribution in [0.1, 0.15) is 6.42 Å². The van der Waals surface area contributed by atoms with Gasteiger partial charge in [-0.3, -0.25) is 9.69 Å². The van der Waals surface area contributed by atoms with E-state index in [0.29, 0.717) is 26.2 Å². The van der Waals surface area contributed by atoms with Crippen LogP contribution in [-0.2, 0) is 9.53 Å². The van der Waals surface area contributed by atoms with Crippen LogP contribution in [0.3, 0.4) is 0 Å². The van der Waals surface area contributed by atoms with Crippen molar-refractivity contribution in [2.75, 3.05) is 57.9 Å². The molecule has 0 N–H and O–H groups in total. The molecule has 0 atom stereocenters. The summed E-state index contributed by atoms with van der Waals surface area (Å²) in [7, 11) is 1.66. The normalized spacial score (nSPS) is 18.4. The molecular formula is C17H23N3O4. The number of carbonyl (C=O) groups excluding carboxylic acids is 2. The molecule has 0 unspecified atom stereocenters. The van der Waals surface area contributed by atoms with Crippen LogP contribution in [0.15, 0.2) is 24.3 Å². The summed E-state index contributed by atoms with van der Waals surface area (Å²) in [6.07, 6.45) is 0.392. The van der Waals surface area contributed by atoms with Gasteiger partial charge in [0, 0.05) is 32.7 Å². The number of ether oxygens (including phenoxy) is 2. The average Bonchev–Trinajstić information content (AvgIpc) is 2.63. The first-order valence-corrected chi connectivity index (χ1v) is 8.26. The van der Waals surface area contributed by atoms with Crippen molar-refractivity contribution in [1.29, 1.82) is 0 Å². The fourth-order valence-corrected chi connectivity index (χ4v) is 3.09. The highest BCUT2D eigenvalue weighted by atomic mass is 16.6. The molecule has 24 heavy (non-hydrogen) atoms. The maximum atomic E-state index is 12.4. The predicted octanol–water partition coefficient (Wildman–Crippen LogP) is 1.19. The molecule has 7 heteroatoms. The topological polar surface area (TPSA) is 62.3 Å². The van der Waals surface area contributed by atoms with Crippen LogP contribution in [0.2, 0.25) is 0 Å². The smallest absolute Gasteiger partial charge is 0.410 e. The number of piperazine rings is 1. The van der Waals surface area contributed by atoms with Gasteiger partial charge >= 0.3 is 6.09 Å². The molecule has 130 valence electrons. The Balaban J connectivity index is 1.54. The fraction of sp³-hybridized carbons (Fsp3) is 0.529. The third kappa shape index (κ3) is 3.55. The molecule has 0 radical (unpaired) electrons. The second-order valence-electron chi connectivity index (χ2n) is 5.93. The minimum Gasteiger partial charge on any atom is -0.495 e. The lowest BCUT2D eigenvalue weighted by Crippen LogP contribution is -2.52. The molecule has 3 rings (SSSR count). The second-order valence-corrected chi connectivity index (χ2v) is 5.93. The van der Waals surface area contributed by atoms with E-state index in [1.807, 2.05) is 29.2 Å². The summed E-state index contributed by atoms with van der Waals surface area (Å²) >= 11 is 0. The molecule has 2 fully saturated rings. The number of anilines is 1. The number of amides is 2. The van der Waals surface area contributed by atoms with E-state index in [9.17, 15) is 9.59 Å². The molecule has 0 aromatic heterocycles. The van der Waals surface area contributed by atoms with Crippen LogP contribution >= 0.6 is 0 Å². The third-order valence-corrected chi connectivity index (χ3v) is 4.44. The zero-order valence-electron chi connectivity index (χ0n) is 13.9. The van der Waals surface area contributed by atoms with Crippen molar-refractivity contribution in [3.63, 3.8) is 0 Å². The first kappa shape index (κ1) is 16.4. The highest BCUT2D eigenvalue weighted by molar-refractivity contribution is 5.82. The van der Waals surface area contributed by atoms with Crippen LogP contribution in [0.25, 0.3) is 0 Å². The van der Waals surface area contributed by atoms with E-state index in [2.05, 4.69) is 4.90 Å². The van der Waals surface area contributed by atoms with Crippen molar-refractivity contribution in [1.82, 2.24) is 9.80 Å². The highest BCUT2D eigenvalue weighted by Gasteiger charge is 2.27. The van der Waals surface area contributed by atoms with E-state index < -0.39 is 0 Å². The van der Waals surface area contributed by atoms with Gasteiger partial charge in [0.25, 0.3) is 0 Å². The van der Waals surface area contributed by atoms with Crippen LogP contribution in [0.4, 0.5) is 10.5 Å². The molecule has 2 aliphatic heterocycles. The quantitative estimate of drug-likeness (QED) is 0.828. The van der Waals surface area contributed by atoms with Gasteiger partial charge in [-0.25, -0.2) is 4.79 Å². The summed E-state index contributed by atoms with van der Waals surface area (Å²) in [6, 6.07) is 7.89. The van der Waals surface area contributed by atoms with Gasteiger partial charge in [-0.05, 0) is 18.6 Å². The van der Waals surface area contributed by atoms with Crippen molar-refractivity contribution in [3.8, 4) is 5.75 Å². The van der Waals surface area contributed by atoms with Crippen LogP contribution in [-0.4, -0.2) is 74.8 Å². The second kappa shape index (κ2) is 7.42. The number of rotatable bonds is 4. The lowest BCUT2D eigenvalue weighted by Gasteiger charge is -2.37. The van der Waals surface area contributed by atoms with Crippen molar-refractivity contribution in [3.05, 3.63) is 24.3 Å². The minimum absolute atomic E-state index is 0.0199. The Kier molecular flexibility index (Phi) is 5.08. The van der Waals surface area contributed by atoms with Crippen molar-refractivity contribution in [2.45, 2.75) is 6.42 Å². The average molecular weight is 333 g/mol. The molecule has 1 aromatic carbocycles. The zero-order valence-corrected chi connectivity index (χ0v) is 13.9. The molecule has 2 heterocycles. The van der Waals surface area contributed by atoms with E-state index in [-0.39, 0.29) is 18.5 Å². The molecule has 0 saturated carbocycles. The van der Waals surface area contributed by atoms with E-state index in [1.165, 1.54) is 4.90 Å². The van der Waals surface area contributed by atoms with Crippen molar-refractivity contribution < 1.29 is 19.1 Å². The molecule has 0 spiro atoms. The Hall–Kier alpha value is -2.44. The monoisotopic (exact) mass is 333 g/mol. The van der Waals surface area contributed by atoms with Crippen molar-refractivity contribution in [2.24, 2.45) is 0 Å². The van der Waals surface area contributed by atoms with Crippen LogP contribution in [0, 0.1) is 0 Å². The number of para-hydroxylation sites is 2. The van der Waals surface area contributed by atoms with E-state index >= 15 is 0 Å². The molecule has 0 bridgehead atoms. The number of nitrogens with zero attached hydrogens (tertiary/aromatic N) is 3. The SMILES string of the molecule is COc1ccccc1N1CCN(C(=O)CN2CCCOC2=O)CC1. The molecule has 2 saturated heterocycles. The summed E-state index contributed by atoms with van der Waals surface area (Å²) in [4.78, 5) is 29.6. The summed E-state index contributed by atoms with van der Waals surface area (Å²) in [6.45, 7) is 3.91. The lowest BCUT2D eigenvalue weighted by molar-refractivity contribution is -0.132. The zero-order chi connectivity index (χ0) is 16.9. The molecule has 7 nitrogen and oxygen atoms in total. The van der Waals surface area contributed by atoms with Gasteiger partial charge in [-0.15, -0.1) is 0 Å². The Bertz CT molecular complexity index is 599. The van der Waals surface area contributed by atoms with Gasteiger partial charge < -0.3 is 19.3 Å². The number of carbonyl (C=O) groups is 2. The number of benzene rings is 1. The van der Waals surface area contributed by atoms with Gasteiger partial charge in [-0.1, -0.05) is 12.1 Å². The van der Waals surface area contributed by atoms with Gasteiger partial charge in [0.1, 0.15) is 12.3 Å².